The number of likely N-dealkylation sites (tertiary alicyclic amines) is 1. The maximum absolute atomic E-state index is 12.5. The molecule has 0 aromatic carbocycles. The molecule has 3 heterocycles. The quantitative estimate of drug-likeness (QED) is 0.803. The molecule has 1 unspecified atom stereocenters. The van der Waals surface area contributed by atoms with Crippen molar-refractivity contribution in [1.82, 2.24) is 24.6 Å². The molecule has 1 saturated heterocycles. The molecule has 6 nitrogen and oxygen atoms in total. The number of carbonyl (C=O) groups is 1. The van der Waals surface area contributed by atoms with Gasteiger partial charge in [-0.25, -0.2) is 9.67 Å². The molecule has 3 rings (SSSR count). The van der Waals surface area contributed by atoms with Crippen LogP contribution in [0.25, 0.3) is 0 Å². The molecule has 7 heteroatoms. The summed E-state index contributed by atoms with van der Waals surface area (Å²) in [6.45, 7) is 6.86. The van der Waals surface area contributed by atoms with Crippen LogP contribution >= 0.6 is 11.3 Å². The van der Waals surface area contributed by atoms with Gasteiger partial charge in [0.1, 0.15) is 11.6 Å². The van der Waals surface area contributed by atoms with Gasteiger partial charge >= 0.3 is 0 Å². The summed E-state index contributed by atoms with van der Waals surface area (Å²) in [6, 6.07) is 2.44. The van der Waals surface area contributed by atoms with E-state index in [4.69, 9.17) is 0 Å². The van der Waals surface area contributed by atoms with Crippen LogP contribution in [0.4, 0.5) is 0 Å². The van der Waals surface area contributed by atoms with E-state index in [1.54, 1.807) is 11.3 Å². The third kappa shape index (κ3) is 4.02. The fourth-order valence-corrected chi connectivity index (χ4v) is 3.94. The summed E-state index contributed by atoms with van der Waals surface area (Å²) < 4.78 is 1.97. The zero-order valence-electron chi connectivity index (χ0n) is 14.6. The fraction of sp³-hybridized carbons (Fsp3) is 0.588. The number of thiophene rings is 1. The second kappa shape index (κ2) is 7.44. The van der Waals surface area contributed by atoms with E-state index >= 15 is 0 Å². The van der Waals surface area contributed by atoms with Crippen molar-refractivity contribution < 1.29 is 4.79 Å². The first-order valence-corrected chi connectivity index (χ1v) is 9.34. The first-order chi connectivity index (χ1) is 11.5. The number of amides is 1. The summed E-state index contributed by atoms with van der Waals surface area (Å²) in [5.41, 5.74) is 1.20. The van der Waals surface area contributed by atoms with Gasteiger partial charge in [-0.2, -0.15) is 16.4 Å². The lowest BCUT2D eigenvalue weighted by atomic mass is 10.2. The topological polar surface area (TPSA) is 54.3 Å². The Kier molecular flexibility index (Phi) is 5.30. The van der Waals surface area contributed by atoms with E-state index < -0.39 is 0 Å². The molecule has 24 heavy (non-hydrogen) atoms. The van der Waals surface area contributed by atoms with Crippen molar-refractivity contribution in [3.63, 3.8) is 0 Å². The van der Waals surface area contributed by atoms with E-state index in [0.717, 1.165) is 37.6 Å². The van der Waals surface area contributed by atoms with E-state index in [9.17, 15) is 4.79 Å². The Morgan fingerprint density at radius 1 is 1.46 bits per heavy atom. The van der Waals surface area contributed by atoms with Gasteiger partial charge in [0.2, 0.25) is 5.91 Å². The van der Waals surface area contributed by atoms with Gasteiger partial charge in [0, 0.05) is 19.6 Å². The summed E-state index contributed by atoms with van der Waals surface area (Å²) in [5, 5.41) is 8.60. The number of aromatic nitrogens is 3. The summed E-state index contributed by atoms with van der Waals surface area (Å²) >= 11 is 1.67. The summed E-state index contributed by atoms with van der Waals surface area (Å²) in [5.74, 6) is 1.93. The van der Waals surface area contributed by atoms with Crippen molar-refractivity contribution in [3.05, 3.63) is 34.0 Å². The predicted molar refractivity (Wildman–Crippen MR) is 94.9 cm³/mol. The van der Waals surface area contributed by atoms with E-state index in [1.807, 2.05) is 35.9 Å². The van der Waals surface area contributed by atoms with Crippen molar-refractivity contribution in [2.75, 3.05) is 20.1 Å². The van der Waals surface area contributed by atoms with Crippen molar-refractivity contribution in [2.45, 2.75) is 45.8 Å². The van der Waals surface area contributed by atoms with Crippen molar-refractivity contribution in [2.24, 2.45) is 0 Å². The molecule has 2 aromatic heterocycles. The first kappa shape index (κ1) is 17.1. The standard InChI is InChI=1S/C17H25N5OS/c1-13-18-14(2)22(19-13)10-16-5-4-7-21(16)11-17(23)20(3)9-15-6-8-24-12-15/h6,8,12,16H,4-5,7,9-11H2,1-3H3. The minimum Gasteiger partial charge on any atom is -0.340 e. The van der Waals surface area contributed by atoms with Crippen LogP contribution in [-0.4, -0.2) is 56.7 Å². The van der Waals surface area contributed by atoms with Gasteiger partial charge in [0.25, 0.3) is 0 Å². The number of aryl methyl sites for hydroxylation is 2. The zero-order chi connectivity index (χ0) is 17.1. The van der Waals surface area contributed by atoms with Gasteiger partial charge < -0.3 is 4.90 Å². The molecule has 0 bridgehead atoms. The highest BCUT2D eigenvalue weighted by Gasteiger charge is 2.28. The van der Waals surface area contributed by atoms with Gasteiger partial charge in [0.05, 0.1) is 13.1 Å². The Morgan fingerprint density at radius 2 is 2.29 bits per heavy atom. The van der Waals surface area contributed by atoms with Gasteiger partial charge in [-0.05, 0) is 55.6 Å². The Bertz CT molecular complexity index is 681. The van der Waals surface area contributed by atoms with Crippen LogP contribution in [0.5, 0.6) is 0 Å². The lowest BCUT2D eigenvalue weighted by molar-refractivity contribution is -0.131. The maximum Gasteiger partial charge on any atom is 0.236 e. The van der Waals surface area contributed by atoms with Crippen molar-refractivity contribution >= 4 is 17.2 Å². The van der Waals surface area contributed by atoms with Gasteiger partial charge in [-0.3, -0.25) is 9.69 Å². The van der Waals surface area contributed by atoms with Crippen LogP contribution in [0.2, 0.25) is 0 Å². The number of hydrogen-bond donors (Lipinski definition) is 0. The molecule has 130 valence electrons. The lowest BCUT2D eigenvalue weighted by Crippen LogP contribution is -2.42. The Balaban J connectivity index is 1.57. The summed E-state index contributed by atoms with van der Waals surface area (Å²) in [6.07, 6.45) is 2.25. The SMILES string of the molecule is Cc1nc(C)n(CC2CCCN2CC(=O)N(C)Cc2ccsc2)n1. The minimum atomic E-state index is 0.180. The molecular formula is C17H25N5OS. The molecule has 1 fully saturated rings. The van der Waals surface area contributed by atoms with Crippen molar-refractivity contribution in [3.8, 4) is 0 Å². The molecule has 2 aromatic rings. The molecule has 0 radical (unpaired) electrons. The van der Waals surface area contributed by atoms with E-state index in [-0.39, 0.29) is 5.91 Å². The third-order valence-corrected chi connectivity index (χ3v) is 5.34. The highest BCUT2D eigenvalue weighted by atomic mass is 32.1. The van der Waals surface area contributed by atoms with Crippen LogP contribution in [0, 0.1) is 13.8 Å². The fourth-order valence-electron chi connectivity index (χ4n) is 3.28. The van der Waals surface area contributed by atoms with Crippen LogP contribution in [0.1, 0.15) is 30.1 Å². The summed E-state index contributed by atoms with van der Waals surface area (Å²) in [4.78, 5) is 21.0. The largest absolute Gasteiger partial charge is 0.340 e. The number of likely N-dealkylation sites (N-methyl/N-ethyl adjacent to an activating group) is 1. The molecule has 1 aliphatic heterocycles. The first-order valence-electron chi connectivity index (χ1n) is 8.40. The molecule has 0 N–H and O–H groups in total. The predicted octanol–water partition coefficient (Wildman–Crippen LogP) is 2.08. The van der Waals surface area contributed by atoms with Crippen LogP contribution in [0.3, 0.4) is 0 Å². The molecule has 0 spiro atoms. The number of nitrogens with zero attached hydrogens (tertiary/aromatic N) is 5. The molecule has 0 aliphatic carbocycles. The highest BCUT2D eigenvalue weighted by Crippen LogP contribution is 2.19. The van der Waals surface area contributed by atoms with Crippen LogP contribution in [0.15, 0.2) is 16.8 Å². The van der Waals surface area contributed by atoms with Crippen molar-refractivity contribution in [1.29, 1.82) is 0 Å². The zero-order valence-corrected chi connectivity index (χ0v) is 15.4. The Hall–Kier alpha value is -1.73. The molecule has 0 saturated carbocycles. The average Bonchev–Trinajstić information content (AvgIpc) is 3.24. The second-order valence-electron chi connectivity index (χ2n) is 6.54. The third-order valence-electron chi connectivity index (χ3n) is 4.61. The second-order valence-corrected chi connectivity index (χ2v) is 7.32. The van der Waals surface area contributed by atoms with E-state index in [2.05, 4.69) is 26.4 Å². The van der Waals surface area contributed by atoms with E-state index in [1.165, 1.54) is 5.56 Å². The monoisotopic (exact) mass is 347 g/mol. The molecule has 1 aliphatic rings. The minimum absolute atomic E-state index is 0.180. The van der Waals surface area contributed by atoms with Crippen LogP contribution < -0.4 is 0 Å². The summed E-state index contributed by atoms with van der Waals surface area (Å²) in [7, 11) is 1.88. The van der Waals surface area contributed by atoms with Gasteiger partial charge in [-0.1, -0.05) is 0 Å². The molecule has 1 atom stereocenters. The smallest absolute Gasteiger partial charge is 0.236 e. The van der Waals surface area contributed by atoms with Crippen LogP contribution in [-0.2, 0) is 17.9 Å². The normalized spacial score (nSPS) is 18.2. The Morgan fingerprint density at radius 3 is 2.96 bits per heavy atom. The number of hydrogen-bond acceptors (Lipinski definition) is 5. The maximum atomic E-state index is 12.5. The highest BCUT2D eigenvalue weighted by molar-refractivity contribution is 7.07. The molecule has 1 amide bonds. The number of carbonyl (C=O) groups excluding carboxylic acids is 1. The number of rotatable bonds is 6. The van der Waals surface area contributed by atoms with Gasteiger partial charge in [0.15, 0.2) is 0 Å². The van der Waals surface area contributed by atoms with E-state index in [0.29, 0.717) is 19.1 Å². The molecular weight excluding hydrogens is 322 g/mol. The Labute approximate surface area is 147 Å². The average molecular weight is 347 g/mol. The lowest BCUT2D eigenvalue weighted by Gasteiger charge is -2.26. The van der Waals surface area contributed by atoms with Gasteiger partial charge in [-0.15, -0.1) is 0 Å².